The van der Waals surface area contributed by atoms with Crippen molar-refractivity contribution in [2.75, 3.05) is 27.4 Å². The third-order valence-electron chi connectivity index (χ3n) is 3.03. The molecule has 0 amide bonds. The smallest absolute Gasteiger partial charge is 0.120 e. The minimum Gasteiger partial charge on any atom is -0.508 e. The van der Waals surface area contributed by atoms with Crippen LogP contribution in [0.25, 0.3) is 0 Å². The van der Waals surface area contributed by atoms with Gasteiger partial charge in [0.1, 0.15) is 11.5 Å². The lowest BCUT2D eigenvalue weighted by molar-refractivity contribution is 0.143. The average molecular weight is 269 g/mol. The van der Waals surface area contributed by atoms with Gasteiger partial charge in [0, 0.05) is 31.4 Å². The second-order valence-electron chi connectivity index (χ2n) is 4.48. The fourth-order valence-corrected chi connectivity index (χ4v) is 2.02. The maximum Gasteiger partial charge on any atom is 0.120 e. The first-order valence-electron chi connectivity index (χ1n) is 6.35. The number of rotatable bonds is 8. The number of aromatic hydroxyl groups is 1. The molecular weight excluding hydrogens is 246 g/mol. The summed E-state index contributed by atoms with van der Waals surface area (Å²) in [4.78, 5) is 0. The van der Waals surface area contributed by atoms with Crippen LogP contribution in [0.15, 0.2) is 18.2 Å². The van der Waals surface area contributed by atoms with E-state index in [-0.39, 0.29) is 24.4 Å². The molecule has 5 heteroatoms. The van der Waals surface area contributed by atoms with Gasteiger partial charge >= 0.3 is 0 Å². The van der Waals surface area contributed by atoms with Crippen molar-refractivity contribution in [3.8, 4) is 11.5 Å². The standard InChI is InChI=1S/C14H23NO4/c1-10(15-11(6-7-16)9-18-2)13-8-12(19-3)4-5-14(13)17/h4-5,8,10-11,15-17H,6-7,9H2,1-3H3. The zero-order valence-corrected chi connectivity index (χ0v) is 11.7. The molecule has 0 radical (unpaired) electrons. The molecule has 0 saturated carbocycles. The number of phenolic OH excluding ortho intramolecular Hbond substituents is 1. The van der Waals surface area contributed by atoms with Gasteiger partial charge < -0.3 is 25.0 Å². The van der Waals surface area contributed by atoms with Crippen molar-refractivity contribution in [3.63, 3.8) is 0 Å². The van der Waals surface area contributed by atoms with E-state index in [4.69, 9.17) is 14.6 Å². The van der Waals surface area contributed by atoms with E-state index >= 15 is 0 Å². The number of hydrogen-bond acceptors (Lipinski definition) is 5. The number of aliphatic hydroxyl groups is 1. The molecule has 0 bridgehead atoms. The van der Waals surface area contributed by atoms with E-state index in [1.807, 2.05) is 6.92 Å². The topological polar surface area (TPSA) is 71.0 Å². The van der Waals surface area contributed by atoms with Gasteiger partial charge in [-0.15, -0.1) is 0 Å². The van der Waals surface area contributed by atoms with Gasteiger partial charge in [-0.05, 0) is 31.5 Å². The normalized spacial score (nSPS) is 14.1. The van der Waals surface area contributed by atoms with Crippen LogP contribution in [0.5, 0.6) is 11.5 Å². The Morgan fingerprint density at radius 3 is 2.63 bits per heavy atom. The third kappa shape index (κ3) is 4.70. The Bertz CT molecular complexity index is 378. The number of hydrogen-bond donors (Lipinski definition) is 3. The molecule has 0 aliphatic rings. The first-order chi connectivity index (χ1) is 9.12. The van der Waals surface area contributed by atoms with E-state index in [2.05, 4.69) is 5.32 Å². The van der Waals surface area contributed by atoms with Crippen LogP contribution in [-0.2, 0) is 4.74 Å². The highest BCUT2D eigenvalue weighted by Crippen LogP contribution is 2.28. The second-order valence-corrected chi connectivity index (χ2v) is 4.48. The minimum absolute atomic E-state index is 0.0376. The fourth-order valence-electron chi connectivity index (χ4n) is 2.02. The van der Waals surface area contributed by atoms with Crippen LogP contribution in [0.4, 0.5) is 0 Å². The van der Waals surface area contributed by atoms with Crippen LogP contribution in [0.2, 0.25) is 0 Å². The molecule has 0 spiro atoms. The van der Waals surface area contributed by atoms with Crippen LogP contribution >= 0.6 is 0 Å². The summed E-state index contributed by atoms with van der Waals surface area (Å²) < 4.78 is 10.3. The molecule has 1 aromatic carbocycles. The highest BCUT2D eigenvalue weighted by Gasteiger charge is 2.16. The first-order valence-corrected chi connectivity index (χ1v) is 6.35. The molecule has 0 fully saturated rings. The molecule has 0 heterocycles. The van der Waals surface area contributed by atoms with Crippen LogP contribution in [-0.4, -0.2) is 43.7 Å². The van der Waals surface area contributed by atoms with Crippen molar-refractivity contribution in [2.45, 2.75) is 25.4 Å². The lowest BCUT2D eigenvalue weighted by Crippen LogP contribution is -2.36. The highest BCUT2D eigenvalue weighted by molar-refractivity contribution is 5.41. The molecular formula is C14H23NO4. The van der Waals surface area contributed by atoms with Crippen LogP contribution < -0.4 is 10.1 Å². The van der Waals surface area contributed by atoms with Crippen LogP contribution in [0.1, 0.15) is 24.9 Å². The van der Waals surface area contributed by atoms with E-state index in [0.717, 1.165) is 5.56 Å². The number of aliphatic hydroxyl groups excluding tert-OH is 1. The largest absolute Gasteiger partial charge is 0.508 e. The van der Waals surface area contributed by atoms with Crippen molar-refractivity contribution in [1.82, 2.24) is 5.32 Å². The Labute approximate surface area is 114 Å². The van der Waals surface area contributed by atoms with Crippen molar-refractivity contribution < 1.29 is 19.7 Å². The summed E-state index contributed by atoms with van der Waals surface area (Å²) in [6, 6.07) is 5.10. The Hall–Kier alpha value is -1.30. The summed E-state index contributed by atoms with van der Waals surface area (Å²) in [5.41, 5.74) is 0.762. The Morgan fingerprint density at radius 2 is 2.05 bits per heavy atom. The van der Waals surface area contributed by atoms with E-state index in [1.165, 1.54) is 0 Å². The fraction of sp³-hybridized carbons (Fsp3) is 0.571. The molecule has 0 aromatic heterocycles. The van der Waals surface area contributed by atoms with Crippen LogP contribution in [0, 0.1) is 0 Å². The third-order valence-corrected chi connectivity index (χ3v) is 3.03. The van der Waals surface area contributed by atoms with E-state index < -0.39 is 0 Å². The zero-order chi connectivity index (χ0) is 14.3. The molecule has 2 unspecified atom stereocenters. The van der Waals surface area contributed by atoms with Crippen molar-refractivity contribution in [1.29, 1.82) is 0 Å². The van der Waals surface area contributed by atoms with Gasteiger partial charge in [0.2, 0.25) is 0 Å². The van der Waals surface area contributed by atoms with Gasteiger partial charge in [0.25, 0.3) is 0 Å². The molecule has 0 saturated heterocycles. The van der Waals surface area contributed by atoms with E-state index in [1.54, 1.807) is 32.4 Å². The summed E-state index contributed by atoms with van der Waals surface area (Å²) in [6.45, 7) is 2.56. The van der Waals surface area contributed by atoms with Crippen molar-refractivity contribution in [2.24, 2.45) is 0 Å². The van der Waals surface area contributed by atoms with Crippen LogP contribution in [0.3, 0.4) is 0 Å². The SMILES string of the molecule is COCC(CCO)NC(C)c1cc(OC)ccc1O. The van der Waals surface area contributed by atoms with Crippen molar-refractivity contribution in [3.05, 3.63) is 23.8 Å². The molecule has 0 aliphatic carbocycles. The summed E-state index contributed by atoms with van der Waals surface area (Å²) in [5, 5.41) is 22.2. The van der Waals surface area contributed by atoms with Gasteiger partial charge in [-0.2, -0.15) is 0 Å². The Kier molecular flexibility index (Phi) is 6.62. The quantitative estimate of drug-likeness (QED) is 0.666. The Balaban J connectivity index is 2.77. The van der Waals surface area contributed by atoms with Gasteiger partial charge in [-0.25, -0.2) is 0 Å². The highest BCUT2D eigenvalue weighted by atomic mass is 16.5. The molecule has 5 nitrogen and oxygen atoms in total. The number of nitrogens with one attached hydrogen (secondary N) is 1. The second kappa shape index (κ2) is 7.99. The predicted molar refractivity (Wildman–Crippen MR) is 73.6 cm³/mol. The minimum atomic E-state index is -0.0678. The Morgan fingerprint density at radius 1 is 1.32 bits per heavy atom. The number of methoxy groups -OCH3 is 2. The molecule has 1 aromatic rings. The van der Waals surface area contributed by atoms with E-state index in [9.17, 15) is 5.11 Å². The number of benzene rings is 1. The van der Waals surface area contributed by atoms with E-state index in [0.29, 0.717) is 18.8 Å². The molecule has 3 N–H and O–H groups in total. The lowest BCUT2D eigenvalue weighted by atomic mass is 10.0. The maximum absolute atomic E-state index is 9.90. The van der Waals surface area contributed by atoms with Gasteiger partial charge in [-0.1, -0.05) is 0 Å². The van der Waals surface area contributed by atoms with Gasteiger partial charge in [0.05, 0.1) is 13.7 Å². The van der Waals surface area contributed by atoms with Gasteiger partial charge in [0.15, 0.2) is 0 Å². The average Bonchev–Trinajstić information content (AvgIpc) is 2.39. The molecule has 2 atom stereocenters. The molecule has 0 aliphatic heterocycles. The maximum atomic E-state index is 9.90. The lowest BCUT2D eigenvalue weighted by Gasteiger charge is -2.23. The summed E-state index contributed by atoms with van der Waals surface area (Å²) in [5.74, 6) is 0.924. The molecule has 19 heavy (non-hydrogen) atoms. The molecule has 108 valence electrons. The summed E-state index contributed by atoms with van der Waals surface area (Å²) >= 11 is 0. The zero-order valence-electron chi connectivity index (χ0n) is 11.7. The van der Waals surface area contributed by atoms with Crippen molar-refractivity contribution >= 4 is 0 Å². The molecule has 1 rings (SSSR count). The first kappa shape index (κ1) is 15.8. The predicted octanol–water partition coefficient (Wildman–Crippen LogP) is 1.45. The summed E-state index contributed by atoms with van der Waals surface area (Å²) in [6.07, 6.45) is 0.600. The number of ether oxygens (including phenoxy) is 2. The number of phenols is 1. The summed E-state index contributed by atoms with van der Waals surface area (Å²) in [7, 11) is 3.22. The van der Waals surface area contributed by atoms with Gasteiger partial charge in [-0.3, -0.25) is 0 Å². The monoisotopic (exact) mass is 269 g/mol.